The molecule has 0 aromatic rings. The zero-order valence-corrected chi connectivity index (χ0v) is 6.76. The Hall–Kier alpha value is -0.200. The highest BCUT2D eigenvalue weighted by Gasteiger charge is 2.39. The molecule has 0 heterocycles. The molecule has 1 aliphatic rings. The normalized spacial score (nSPS) is 42.0. The topological polar surface area (TPSA) is 95.9 Å². The summed E-state index contributed by atoms with van der Waals surface area (Å²) in [5.74, 6) is 0. The Balaban J connectivity index is 2.36. The van der Waals surface area contributed by atoms with Crippen LogP contribution in [0.1, 0.15) is 6.42 Å². The van der Waals surface area contributed by atoms with Crippen molar-refractivity contribution in [3.8, 4) is 0 Å². The molecule has 0 aromatic carbocycles. The highest BCUT2D eigenvalue weighted by atomic mass is 16.5. The van der Waals surface area contributed by atoms with Gasteiger partial charge in [0.15, 0.2) is 0 Å². The maximum Gasteiger partial charge on any atom is 0.108 e. The van der Waals surface area contributed by atoms with Gasteiger partial charge in [-0.05, 0) is 6.42 Å². The van der Waals surface area contributed by atoms with Crippen LogP contribution in [-0.4, -0.2) is 52.9 Å². The van der Waals surface area contributed by atoms with Gasteiger partial charge >= 0.3 is 0 Å². The lowest BCUT2D eigenvalue weighted by Gasteiger charge is -2.16. The molecule has 0 aromatic heterocycles. The summed E-state index contributed by atoms with van der Waals surface area (Å²) in [6.07, 6.45) is -1.84. The molecule has 0 saturated heterocycles. The molecule has 0 spiro atoms. The SMILES string of the molecule is NC1CC(OCCO)[C@@H](O)[C@H]1O. The molecule has 1 saturated carbocycles. The first-order chi connectivity index (χ1) is 5.66. The Morgan fingerprint density at radius 2 is 2.00 bits per heavy atom. The summed E-state index contributed by atoms with van der Waals surface area (Å²) in [6.45, 7) is 0.0791. The van der Waals surface area contributed by atoms with Crippen LogP contribution in [0.15, 0.2) is 0 Å². The van der Waals surface area contributed by atoms with E-state index in [9.17, 15) is 10.2 Å². The molecular weight excluding hydrogens is 162 g/mol. The molecule has 0 bridgehead atoms. The van der Waals surface area contributed by atoms with E-state index in [0.717, 1.165) is 0 Å². The van der Waals surface area contributed by atoms with Crippen LogP contribution in [0.4, 0.5) is 0 Å². The van der Waals surface area contributed by atoms with Crippen molar-refractivity contribution in [2.45, 2.75) is 30.8 Å². The Labute approximate surface area is 70.8 Å². The standard InChI is InChI=1S/C7H15NO4/c8-4-3-5(12-2-1-9)7(11)6(4)10/h4-7,9-11H,1-3,8H2/t4?,5?,6-,7+/m0/s1. The van der Waals surface area contributed by atoms with E-state index in [1.807, 2.05) is 0 Å². The van der Waals surface area contributed by atoms with Crippen LogP contribution in [0.25, 0.3) is 0 Å². The Bertz CT molecular complexity index is 143. The minimum absolute atomic E-state index is 0.0887. The Morgan fingerprint density at radius 1 is 1.33 bits per heavy atom. The summed E-state index contributed by atoms with van der Waals surface area (Å²) in [5.41, 5.74) is 5.48. The van der Waals surface area contributed by atoms with Gasteiger partial charge in [-0.15, -0.1) is 0 Å². The molecule has 2 unspecified atom stereocenters. The van der Waals surface area contributed by atoms with Crippen molar-refractivity contribution in [3.63, 3.8) is 0 Å². The van der Waals surface area contributed by atoms with Gasteiger partial charge in [0.1, 0.15) is 6.10 Å². The lowest BCUT2D eigenvalue weighted by molar-refractivity contribution is -0.0615. The molecule has 5 heteroatoms. The van der Waals surface area contributed by atoms with E-state index < -0.39 is 24.4 Å². The largest absolute Gasteiger partial charge is 0.394 e. The van der Waals surface area contributed by atoms with E-state index in [1.165, 1.54) is 0 Å². The highest BCUT2D eigenvalue weighted by molar-refractivity contribution is 4.94. The zero-order valence-electron chi connectivity index (χ0n) is 6.76. The van der Waals surface area contributed by atoms with Crippen molar-refractivity contribution in [3.05, 3.63) is 0 Å². The second-order valence-corrected chi connectivity index (χ2v) is 3.01. The first kappa shape index (κ1) is 9.88. The minimum atomic E-state index is -0.924. The van der Waals surface area contributed by atoms with E-state index in [-0.39, 0.29) is 13.2 Å². The fourth-order valence-electron chi connectivity index (χ4n) is 1.39. The van der Waals surface area contributed by atoms with Crippen LogP contribution < -0.4 is 5.73 Å². The third-order valence-corrected chi connectivity index (χ3v) is 2.10. The van der Waals surface area contributed by atoms with Gasteiger partial charge in [-0.25, -0.2) is 0 Å². The summed E-state index contributed by atoms with van der Waals surface area (Å²) in [6, 6.07) is -0.427. The summed E-state index contributed by atoms with van der Waals surface area (Å²) in [4.78, 5) is 0. The van der Waals surface area contributed by atoms with E-state index in [2.05, 4.69) is 0 Å². The van der Waals surface area contributed by atoms with E-state index in [1.54, 1.807) is 0 Å². The van der Waals surface area contributed by atoms with Gasteiger partial charge in [-0.1, -0.05) is 0 Å². The van der Waals surface area contributed by atoms with Crippen molar-refractivity contribution in [2.24, 2.45) is 5.73 Å². The van der Waals surface area contributed by atoms with Crippen molar-refractivity contribution in [2.75, 3.05) is 13.2 Å². The molecule has 1 aliphatic carbocycles. The quantitative estimate of drug-likeness (QED) is 0.393. The third kappa shape index (κ3) is 1.94. The van der Waals surface area contributed by atoms with Gasteiger partial charge < -0.3 is 25.8 Å². The molecule has 12 heavy (non-hydrogen) atoms. The summed E-state index contributed by atoms with van der Waals surface area (Å²) in [5, 5.41) is 27.0. The number of hydrogen-bond donors (Lipinski definition) is 4. The molecule has 1 rings (SSSR count). The Kier molecular flexibility index (Phi) is 3.42. The maximum atomic E-state index is 9.32. The third-order valence-electron chi connectivity index (χ3n) is 2.10. The summed E-state index contributed by atoms with van der Waals surface area (Å²) < 4.78 is 5.07. The van der Waals surface area contributed by atoms with E-state index >= 15 is 0 Å². The zero-order chi connectivity index (χ0) is 9.14. The first-order valence-corrected chi connectivity index (χ1v) is 4.01. The van der Waals surface area contributed by atoms with Gasteiger partial charge in [-0.2, -0.15) is 0 Å². The minimum Gasteiger partial charge on any atom is -0.394 e. The lowest BCUT2D eigenvalue weighted by atomic mass is 10.2. The maximum absolute atomic E-state index is 9.32. The second-order valence-electron chi connectivity index (χ2n) is 3.01. The number of rotatable bonds is 3. The number of aliphatic hydroxyl groups is 3. The summed E-state index contributed by atoms with van der Waals surface area (Å²) >= 11 is 0. The lowest BCUT2D eigenvalue weighted by Crippen LogP contribution is -2.36. The van der Waals surface area contributed by atoms with Gasteiger partial charge in [-0.3, -0.25) is 0 Å². The number of nitrogens with two attached hydrogens (primary N) is 1. The Morgan fingerprint density at radius 3 is 2.42 bits per heavy atom. The average molecular weight is 177 g/mol. The molecule has 5 N–H and O–H groups in total. The van der Waals surface area contributed by atoms with E-state index in [0.29, 0.717) is 6.42 Å². The smallest absolute Gasteiger partial charge is 0.108 e. The molecule has 0 radical (unpaired) electrons. The van der Waals surface area contributed by atoms with Crippen LogP contribution in [0.2, 0.25) is 0 Å². The molecule has 72 valence electrons. The molecule has 1 fully saturated rings. The average Bonchev–Trinajstić information content (AvgIpc) is 2.30. The predicted octanol–water partition coefficient (Wildman–Crippen LogP) is -2.18. The number of hydrogen-bond acceptors (Lipinski definition) is 5. The fraction of sp³-hybridized carbons (Fsp3) is 1.00. The molecular formula is C7H15NO4. The molecule has 5 nitrogen and oxygen atoms in total. The van der Waals surface area contributed by atoms with E-state index in [4.69, 9.17) is 15.6 Å². The van der Waals surface area contributed by atoms with Crippen LogP contribution in [0, 0.1) is 0 Å². The van der Waals surface area contributed by atoms with Crippen molar-refractivity contribution in [1.29, 1.82) is 0 Å². The van der Waals surface area contributed by atoms with Crippen molar-refractivity contribution >= 4 is 0 Å². The number of ether oxygens (including phenoxy) is 1. The summed E-state index contributed by atoms with van der Waals surface area (Å²) in [7, 11) is 0. The monoisotopic (exact) mass is 177 g/mol. The van der Waals surface area contributed by atoms with Gasteiger partial charge in [0, 0.05) is 6.04 Å². The van der Waals surface area contributed by atoms with Crippen LogP contribution in [-0.2, 0) is 4.74 Å². The number of aliphatic hydroxyl groups excluding tert-OH is 3. The van der Waals surface area contributed by atoms with Crippen molar-refractivity contribution in [1.82, 2.24) is 0 Å². The highest BCUT2D eigenvalue weighted by Crippen LogP contribution is 2.21. The molecule has 4 atom stereocenters. The van der Waals surface area contributed by atoms with Crippen LogP contribution in [0.3, 0.4) is 0 Å². The molecule has 0 amide bonds. The van der Waals surface area contributed by atoms with Gasteiger partial charge in [0.25, 0.3) is 0 Å². The predicted molar refractivity (Wildman–Crippen MR) is 41.4 cm³/mol. The van der Waals surface area contributed by atoms with Crippen LogP contribution in [0.5, 0.6) is 0 Å². The first-order valence-electron chi connectivity index (χ1n) is 4.01. The second kappa shape index (κ2) is 4.15. The van der Waals surface area contributed by atoms with Crippen molar-refractivity contribution < 1.29 is 20.1 Å². The van der Waals surface area contributed by atoms with Gasteiger partial charge in [0.2, 0.25) is 0 Å². The van der Waals surface area contributed by atoms with Crippen LogP contribution >= 0.6 is 0 Å². The molecule has 0 aliphatic heterocycles. The van der Waals surface area contributed by atoms with Gasteiger partial charge in [0.05, 0.1) is 25.4 Å². The fourth-order valence-corrected chi connectivity index (χ4v) is 1.39.